The number of fused-ring (bicyclic) bond motifs is 1. The molecule has 3 fully saturated rings. The number of hydrogen-bond acceptors (Lipinski definition) is 5. The number of anilines is 1. The van der Waals surface area contributed by atoms with Crippen molar-refractivity contribution >= 4 is 17.8 Å². The molecule has 2 aromatic rings. The van der Waals surface area contributed by atoms with Crippen molar-refractivity contribution in [2.75, 3.05) is 24.5 Å². The van der Waals surface area contributed by atoms with Crippen molar-refractivity contribution in [1.82, 2.24) is 19.8 Å². The molecule has 0 aliphatic carbocycles. The van der Waals surface area contributed by atoms with Gasteiger partial charge in [-0.15, -0.1) is 0 Å². The van der Waals surface area contributed by atoms with Crippen LogP contribution in [0.15, 0.2) is 30.3 Å². The van der Waals surface area contributed by atoms with Crippen molar-refractivity contribution in [2.24, 2.45) is 0 Å². The molecule has 0 unspecified atom stereocenters. The molecule has 1 aromatic heterocycles. The van der Waals surface area contributed by atoms with E-state index in [2.05, 4.69) is 14.9 Å². The number of amides is 2. The number of rotatable bonds is 4. The number of carbonyl (C=O) groups excluding carboxylic acids is 2. The molecule has 0 spiro atoms. The summed E-state index contributed by atoms with van der Waals surface area (Å²) in [6.45, 7) is 4.79. The van der Waals surface area contributed by atoms with E-state index < -0.39 is 0 Å². The van der Waals surface area contributed by atoms with Gasteiger partial charge in [-0.25, -0.2) is 14.4 Å². The van der Waals surface area contributed by atoms with Gasteiger partial charge >= 0.3 is 0 Å². The third-order valence-electron chi connectivity index (χ3n) is 7.35. The summed E-state index contributed by atoms with van der Waals surface area (Å²) in [5.74, 6) is 0.391. The van der Waals surface area contributed by atoms with E-state index in [1.54, 1.807) is 18.2 Å². The zero-order valence-corrected chi connectivity index (χ0v) is 19.8. The van der Waals surface area contributed by atoms with Gasteiger partial charge < -0.3 is 14.7 Å². The van der Waals surface area contributed by atoms with Gasteiger partial charge in [-0.05, 0) is 69.2 Å². The molecule has 0 bridgehead atoms. The van der Waals surface area contributed by atoms with E-state index in [4.69, 9.17) is 0 Å². The van der Waals surface area contributed by atoms with E-state index in [9.17, 15) is 14.0 Å². The van der Waals surface area contributed by atoms with Gasteiger partial charge in [-0.1, -0.05) is 12.1 Å². The summed E-state index contributed by atoms with van der Waals surface area (Å²) >= 11 is 0. The largest absolute Gasteiger partial charge is 0.341 e. The Morgan fingerprint density at radius 3 is 2.53 bits per heavy atom. The Morgan fingerprint density at radius 1 is 1.00 bits per heavy atom. The van der Waals surface area contributed by atoms with Gasteiger partial charge in [0.2, 0.25) is 11.9 Å². The van der Waals surface area contributed by atoms with Crippen LogP contribution in [0.1, 0.15) is 66.7 Å². The van der Waals surface area contributed by atoms with Crippen LogP contribution >= 0.6 is 0 Å². The first-order valence-electron chi connectivity index (χ1n) is 12.4. The second-order valence-electron chi connectivity index (χ2n) is 9.70. The monoisotopic (exact) mass is 465 g/mol. The Labute approximate surface area is 200 Å². The summed E-state index contributed by atoms with van der Waals surface area (Å²) < 4.78 is 13.4. The predicted molar refractivity (Wildman–Crippen MR) is 127 cm³/mol. The minimum atomic E-state index is -0.287. The number of aromatic nitrogens is 2. The Bertz CT molecular complexity index is 1050. The van der Waals surface area contributed by atoms with Crippen molar-refractivity contribution < 1.29 is 14.0 Å². The maximum Gasteiger partial charge on any atom is 0.272 e. The molecule has 0 N–H and O–H groups in total. The van der Waals surface area contributed by atoms with Gasteiger partial charge in [0.15, 0.2) is 0 Å². The van der Waals surface area contributed by atoms with E-state index in [1.165, 1.54) is 18.6 Å². The van der Waals surface area contributed by atoms with Gasteiger partial charge in [0.1, 0.15) is 11.5 Å². The van der Waals surface area contributed by atoms with Gasteiger partial charge in [-0.2, -0.15) is 0 Å². The highest BCUT2D eigenvalue weighted by molar-refractivity contribution is 5.93. The summed E-state index contributed by atoms with van der Waals surface area (Å²) in [5.41, 5.74) is 2.14. The van der Waals surface area contributed by atoms with Gasteiger partial charge in [0.05, 0.1) is 12.1 Å². The van der Waals surface area contributed by atoms with E-state index in [1.807, 2.05) is 16.7 Å². The molecule has 3 aliphatic heterocycles. The van der Waals surface area contributed by atoms with Crippen molar-refractivity contribution in [2.45, 2.75) is 70.5 Å². The van der Waals surface area contributed by atoms with Crippen LogP contribution in [0.5, 0.6) is 0 Å². The summed E-state index contributed by atoms with van der Waals surface area (Å²) in [4.78, 5) is 41.9. The van der Waals surface area contributed by atoms with E-state index in [-0.39, 0.29) is 29.7 Å². The minimum absolute atomic E-state index is 0.0338. The average Bonchev–Trinajstić information content (AvgIpc) is 3.20. The standard InChI is InChI=1S/C26H32FN5O2/c1-18-16-21(29-26(28-18)30-13-3-2-4-14-30)25(34)31-15-12-23-22(31)6-5-7-24(33)32(23)17-19-8-10-20(27)11-9-19/h8-11,16,22-23H,2-7,12-15,17H2,1H3/t22-,23-/m0/s1. The predicted octanol–water partition coefficient (Wildman–Crippen LogP) is 3.71. The van der Waals surface area contributed by atoms with Crippen molar-refractivity contribution in [3.8, 4) is 0 Å². The summed E-state index contributed by atoms with van der Waals surface area (Å²) in [6.07, 6.45) is 6.23. The van der Waals surface area contributed by atoms with Crippen LogP contribution in [0, 0.1) is 12.7 Å². The zero-order valence-electron chi connectivity index (χ0n) is 19.8. The summed E-state index contributed by atoms with van der Waals surface area (Å²) in [5, 5.41) is 0. The Hall–Kier alpha value is -3.03. The number of benzene rings is 1. The zero-order chi connectivity index (χ0) is 23.7. The van der Waals surface area contributed by atoms with Crippen molar-refractivity contribution in [1.29, 1.82) is 0 Å². The SMILES string of the molecule is Cc1cc(C(=O)N2CC[C@H]3[C@@H]2CCCC(=O)N3Cc2ccc(F)cc2)nc(N2CCCCC2)n1. The van der Waals surface area contributed by atoms with Gasteiger partial charge in [0, 0.05) is 38.3 Å². The lowest BCUT2D eigenvalue weighted by atomic mass is 10.0. The topological polar surface area (TPSA) is 69.6 Å². The molecule has 4 heterocycles. The highest BCUT2D eigenvalue weighted by atomic mass is 19.1. The summed E-state index contributed by atoms with van der Waals surface area (Å²) in [6, 6.07) is 8.02. The van der Waals surface area contributed by atoms with Crippen molar-refractivity contribution in [3.63, 3.8) is 0 Å². The molecule has 3 saturated heterocycles. The van der Waals surface area contributed by atoms with Crippen LogP contribution in [0.25, 0.3) is 0 Å². The smallest absolute Gasteiger partial charge is 0.272 e. The second-order valence-corrected chi connectivity index (χ2v) is 9.70. The maximum absolute atomic E-state index is 13.7. The first-order valence-corrected chi connectivity index (χ1v) is 12.4. The third kappa shape index (κ3) is 4.63. The molecule has 1 aromatic carbocycles. The van der Waals surface area contributed by atoms with E-state index in [0.717, 1.165) is 56.5 Å². The quantitative estimate of drug-likeness (QED) is 0.689. The molecule has 0 saturated carbocycles. The second kappa shape index (κ2) is 9.68. The molecular formula is C26H32FN5O2. The highest BCUT2D eigenvalue weighted by Crippen LogP contribution is 2.33. The average molecular weight is 466 g/mol. The van der Waals surface area contributed by atoms with Crippen LogP contribution in [-0.4, -0.2) is 63.3 Å². The van der Waals surface area contributed by atoms with Crippen LogP contribution in [-0.2, 0) is 11.3 Å². The molecule has 5 rings (SSSR count). The fourth-order valence-electron chi connectivity index (χ4n) is 5.63. The first-order chi connectivity index (χ1) is 16.5. The van der Waals surface area contributed by atoms with Gasteiger partial charge in [0.25, 0.3) is 5.91 Å². The molecule has 0 radical (unpaired) electrons. The van der Waals surface area contributed by atoms with E-state index in [0.29, 0.717) is 31.2 Å². The summed E-state index contributed by atoms with van der Waals surface area (Å²) in [7, 11) is 0. The minimum Gasteiger partial charge on any atom is -0.341 e. The molecule has 3 aliphatic rings. The molecular weight excluding hydrogens is 433 g/mol. The fraction of sp³-hybridized carbons (Fsp3) is 0.538. The molecule has 2 atom stereocenters. The molecule has 2 amide bonds. The Morgan fingerprint density at radius 2 is 1.76 bits per heavy atom. The number of aryl methyl sites for hydroxylation is 1. The lowest BCUT2D eigenvalue weighted by Gasteiger charge is -2.33. The van der Waals surface area contributed by atoms with Crippen molar-refractivity contribution in [3.05, 3.63) is 53.1 Å². The Kier molecular flexibility index (Phi) is 6.48. The van der Waals surface area contributed by atoms with Gasteiger partial charge in [-0.3, -0.25) is 9.59 Å². The number of hydrogen-bond donors (Lipinski definition) is 0. The Balaban J connectivity index is 1.37. The number of carbonyl (C=O) groups is 2. The lowest BCUT2D eigenvalue weighted by molar-refractivity contribution is -0.133. The van der Waals surface area contributed by atoms with Crippen LogP contribution in [0.4, 0.5) is 10.3 Å². The molecule has 8 heteroatoms. The highest BCUT2D eigenvalue weighted by Gasteiger charge is 2.43. The maximum atomic E-state index is 13.7. The van der Waals surface area contributed by atoms with Crippen LogP contribution in [0.3, 0.4) is 0 Å². The number of piperidine rings is 1. The normalized spacial score (nSPS) is 23.1. The molecule has 180 valence electrons. The van der Waals surface area contributed by atoms with E-state index >= 15 is 0 Å². The number of nitrogens with zero attached hydrogens (tertiary/aromatic N) is 5. The van der Waals surface area contributed by atoms with Crippen LogP contribution < -0.4 is 4.90 Å². The number of likely N-dealkylation sites (tertiary alicyclic amines) is 2. The number of halogens is 1. The lowest BCUT2D eigenvalue weighted by Crippen LogP contribution is -2.47. The third-order valence-corrected chi connectivity index (χ3v) is 7.35. The first kappa shape index (κ1) is 22.7. The van der Waals surface area contributed by atoms with Crippen LogP contribution in [0.2, 0.25) is 0 Å². The molecule has 34 heavy (non-hydrogen) atoms. The fourth-order valence-corrected chi connectivity index (χ4v) is 5.63. The molecule has 7 nitrogen and oxygen atoms in total.